The highest BCUT2D eigenvalue weighted by molar-refractivity contribution is 7.80. The molecule has 4 aromatic rings. The zero-order valence-electron chi connectivity index (χ0n) is 21.4. The van der Waals surface area contributed by atoms with Crippen LogP contribution in [0.15, 0.2) is 54.6 Å². The summed E-state index contributed by atoms with van der Waals surface area (Å²) in [5.74, 6) is -0.247. The Labute approximate surface area is 217 Å². The third kappa shape index (κ3) is 5.39. The Balaban J connectivity index is 1.52. The number of aryl methyl sites for hydroxylation is 3. The van der Waals surface area contributed by atoms with Crippen LogP contribution in [0.5, 0.6) is 0 Å². The fraction of sp³-hybridized carbons (Fsp3) is 0.286. The Morgan fingerprint density at radius 1 is 0.917 bits per heavy atom. The highest BCUT2D eigenvalue weighted by Gasteiger charge is 2.13. The maximum Gasteiger partial charge on any atom is 0.257 e. The van der Waals surface area contributed by atoms with E-state index in [0.29, 0.717) is 5.56 Å². The maximum absolute atomic E-state index is 12.6. The lowest BCUT2D eigenvalue weighted by Gasteiger charge is -2.22. The van der Waals surface area contributed by atoms with Crippen LogP contribution < -0.4 is 15.5 Å². The van der Waals surface area contributed by atoms with Gasteiger partial charge in [-0.3, -0.25) is 10.1 Å². The van der Waals surface area contributed by atoms with Crippen molar-refractivity contribution >= 4 is 45.6 Å². The van der Waals surface area contributed by atoms with Crippen LogP contribution in [0, 0.1) is 13.8 Å². The van der Waals surface area contributed by atoms with Crippen molar-refractivity contribution in [1.29, 1.82) is 0 Å². The molecule has 0 atom stereocenters. The minimum atomic E-state index is -0.247. The normalized spacial score (nSPS) is 10.9. The van der Waals surface area contributed by atoms with Gasteiger partial charge in [0.2, 0.25) is 0 Å². The maximum atomic E-state index is 12.6. The van der Waals surface area contributed by atoms with Crippen molar-refractivity contribution in [3.63, 3.8) is 0 Å². The summed E-state index contributed by atoms with van der Waals surface area (Å²) in [4.78, 5) is 16.6. The lowest BCUT2D eigenvalue weighted by Crippen LogP contribution is -2.34. The van der Waals surface area contributed by atoms with Gasteiger partial charge in [0, 0.05) is 30.0 Å². The zero-order chi connectivity index (χ0) is 25.8. The summed E-state index contributed by atoms with van der Waals surface area (Å²) in [6.07, 6.45) is 0.926. The third-order valence-electron chi connectivity index (χ3n) is 6.35. The molecule has 0 saturated carbocycles. The molecule has 0 aliphatic carbocycles. The van der Waals surface area contributed by atoms with Crippen molar-refractivity contribution in [2.75, 3.05) is 23.3 Å². The molecule has 8 heteroatoms. The average molecular weight is 501 g/mol. The molecular weight excluding hydrogens is 468 g/mol. The lowest BCUT2D eigenvalue weighted by atomic mass is 10.1. The number of nitrogens with one attached hydrogen (secondary N) is 2. The number of rotatable bonds is 7. The zero-order valence-corrected chi connectivity index (χ0v) is 22.2. The number of carbonyl (C=O) groups is 1. The lowest BCUT2D eigenvalue weighted by molar-refractivity contribution is 0.0977. The molecule has 0 aliphatic rings. The smallest absolute Gasteiger partial charge is 0.257 e. The van der Waals surface area contributed by atoms with E-state index >= 15 is 0 Å². The minimum absolute atomic E-state index is 0.234. The SMILES string of the molecule is CCc1ccc(C(=O)NC(=S)Nc2cc3nn(-c4ccc(N(CC)CC)cc4C)nc3cc2C)cc1. The van der Waals surface area contributed by atoms with E-state index < -0.39 is 0 Å². The molecule has 7 nitrogen and oxygen atoms in total. The second-order valence-corrected chi connectivity index (χ2v) is 9.16. The van der Waals surface area contributed by atoms with Crippen LogP contribution in [0.4, 0.5) is 11.4 Å². The molecule has 0 bridgehead atoms. The van der Waals surface area contributed by atoms with Crippen molar-refractivity contribution in [3.05, 3.63) is 76.9 Å². The van der Waals surface area contributed by atoms with Gasteiger partial charge in [0.15, 0.2) is 5.11 Å². The van der Waals surface area contributed by atoms with Crippen molar-refractivity contribution in [1.82, 2.24) is 20.3 Å². The second kappa shape index (κ2) is 10.9. The standard InChI is InChI=1S/C28H32N6OS/c1-6-20-9-11-21(12-10-20)27(35)30-28(36)29-23-17-25-24(16-18(23)4)31-34(32-25)26-14-13-22(15-19(26)5)33(7-2)8-3/h9-17H,6-8H2,1-5H3,(H2,29,30,35,36). The van der Waals surface area contributed by atoms with E-state index in [1.807, 2.05) is 43.3 Å². The van der Waals surface area contributed by atoms with Gasteiger partial charge < -0.3 is 10.2 Å². The molecule has 0 spiro atoms. The van der Waals surface area contributed by atoms with Gasteiger partial charge in [-0.05, 0) is 105 Å². The molecule has 0 saturated heterocycles. The Bertz CT molecular complexity index is 1410. The summed E-state index contributed by atoms with van der Waals surface area (Å²) in [6, 6.07) is 17.7. The summed E-state index contributed by atoms with van der Waals surface area (Å²) in [5.41, 5.74) is 8.22. The Morgan fingerprint density at radius 2 is 1.58 bits per heavy atom. The first kappa shape index (κ1) is 25.3. The van der Waals surface area contributed by atoms with E-state index in [2.05, 4.69) is 61.4 Å². The van der Waals surface area contributed by atoms with Crippen LogP contribution in [0.2, 0.25) is 0 Å². The quantitative estimate of drug-likeness (QED) is 0.323. The van der Waals surface area contributed by atoms with Gasteiger partial charge in [-0.15, -0.1) is 10.2 Å². The Morgan fingerprint density at radius 3 is 2.19 bits per heavy atom. The third-order valence-corrected chi connectivity index (χ3v) is 6.55. The molecule has 3 aromatic carbocycles. The first-order chi connectivity index (χ1) is 17.3. The molecule has 1 amide bonds. The van der Waals surface area contributed by atoms with Crippen molar-refractivity contribution < 1.29 is 4.79 Å². The molecule has 1 aromatic heterocycles. The van der Waals surface area contributed by atoms with Gasteiger partial charge in [-0.2, -0.15) is 4.80 Å². The topological polar surface area (TPSA) is 75.1 Å². The van der Waals surface area contributed by atoms with Crippen LogP contribution in [-0.2, 0) is 6.42 Å². The first-order valence-electron chi connectivity index (χ1n) is 12.3. The number of thiocarbonyl (C=S) groups is 1. The molecule has 2 N–H and O–H groups in total. The molecule has 0 aliphatic heterocycles. The van der Waals surface area contributed by atoms with Crippen molar-refractivity contribution in [3.8, 4) is 5.69 Å². The molecule has 1 heterocycles. The second-order valence-electron chi connectivity index (χ2n) is 8.75. The van der Waals surface area contributed by atoms with Gasteiger partial charge in [-0.25, -0.2) is 0 Å². The average Bonchev–Trinajstić information content (AvgIpc) is 3.27. The largest absolute Gasteiger partial charge is 0.372 e. The molecule has 0 fully saturated rings. The highest BCUT2D eigenvalue weighted by Crippen LogP contribution is 2.25. The molecule has 36 heavy (non-hydrogen) atoms. The Kier molecular flexibility index (Phi) is 7.64. The summed E-state index contributed by atoms with van der Waals surface area (Å²) in [7, 11) is 0. The molecule has 0 unspecified atom stereocenters. The number of amides is 1. The predicted octanol–water partition coefficient (Wildman–Crippen LogP) is 5.57. The Hall–Kier alpha value is -3.78. The predicted molar refractivity (Wildman–Crippen MR) is 151 cm³/mol. The van der Waals surface area contributed by atoms with E-state index in [9.17, 15) is 4.79 Å². The summed E-state index contributed by atoms with van der Waals surface area (Å²) in [5, 5.41) is 15.5. The first-order valence-corrected chi connectivity index (χ1v) is 12.7. The molecule has 0 radical (unpaired) electrons. The van der Waals surface area contributed by atoms with E-state index in [1.165, 1.54) is 11.3 Å². The van der Waals surface area contributed by atoms with Crippen molar-refractivity contribution in [2.45, 2.75) is 41.0 Å². The summed E-state index contributed by atoms with van der Waals surface area (Å²) >= 11 is 5.41. The number of anilines is 2. The van der Waals surface area contributed by atoms with Gasteiger partial charge >= 0.3 is 0 Å². The minimum Gasteiger partial charge on any atom is -0.372 e. The van der Waals surface area contributed by atoms with Crippen LogP contribution in [-0.4, -0.2) is 39.1 Å². The van der Waals surface area contributed by atoms with E-state index in [4.69, 9.17) is 22.4 Å². The van der Waals surface area contributed by atoms with E-state index in [-0.39, 0.29) is 11.0 Å². The highest BCUT2D eigenvalue weighted by atomic mass is 32.1. The summed E-state index contributed by atoms with van der Waals surface area (Å²) < 4.78 is 0. The monoisotopic (exact) mass is 500 g/mol. The number of benzene rings is 3. The van der Waals surface area contributed by atoms with Gasteiger partial charge in [0.1, 0.15) is 11.0 Å². The fourth-order valence-electron chi connectivity index (χ4n) is 4.18. The molecule has 186 valence electrons. The number of carbonyl (C=O) groups excluding carboxylic acids is 1. The van der Waals surface area contributed by atoms with E-state index in [1.54, 1.807) is 4.80 Å². The summed E-state index contributed by atoms with van der Waals surface area (Å²) in [6.45, 7) is 12.4. The number of nitrogens with zero attached hydrogens (tertiary/aromatic N) is 4. The number of hydrogen-bond acceptors (Lipinski definition) is 5. The number of aromatic nitrogens is 3. The number of hydrogen-bond donors (Lipinski definition) is 2. The fourth-order valence-corrected chi connectivity index (χ4v) is 4.38. The number of fused-ring (bicyclic) bond motifs is 1. The van der Waals surface area contributed by atoms with Crippen LogP contribution >= 0.6 is 12.2 Å². The van der Waals surface area contributed by atoms with Crippen LogP contribution in [0.1, 0.15) is 47.8 Å². The molecule has 4 rings (SSSR count). The van der Waals surface area contributed by atoms with Gasteiger partial charge in [0.25, 0.3) is 5.91 Å². The molecular formula is C28H32N6OS. The van der Waals surface area contributed by atoms with Crippen LogP contribution in [0.3, 0.4) is 0 Å². The van der Waals surface area contributed by atoms with Gasteiger partial charge in [0.05, 0.1) is 5.69 Å². The van der Waals surface area contributed by atoms with Gasteiger partial charge in [-0.1, -0.05) is 19.1 Å². The van der Waals surface area contributed by atoms with Crippen molar-refractivity contribution in [2.24, 2.45) is 0 Å². The van der Waals surface area contributed by atoms with Crippen LogP contribution in [0.25, 0.3) is 16.7 Å². The van der Waals surface area contributed by atoms with E-state index in [0.717, 1.165) is 53.0 Å².